The fourth-order valence-electron chi connectivity index (χ4n) is 7.84. The molecule has 0 fully saturated rings. The van der Waals surface area contributed by atoms with Crippen LogP contribution in [-0.4, -0.2) is 68.6 Å². The van der Waals surface area contributed by atoms with E-state index in [0.29, 0.717) is 0 Å². The number of hydrogen-bond donors (Lipinski definition) is 0. The molecule has 0 radical (unpaired) electrons. The second kappa shape index (κ2) is 17.4. The molecule has 2 aromatic heterocycles. The van der Waals surface area contributed by atoms with Gasteiger partial charge in [0.2, 0.25) is 0 Å². The molecule has 4 aromatic carbocycles. The molecule has 0 saturated heterocycles. The molecule has 4 aliphatic heterocycles. The third-order valence-corrected chi connectivity index (χ3v) is 23.5. The van der Waals surface area contributed by atoms with Crippen molar-refractivity contribution in [3.63, 3.8) is 0 Å². The summed E-state index contributed by atoms with van der Waals surface area (Å²) in [6.45, 7) is 0. The molecule has 71 heavy (non-hydrogen) atoms. The predicted octanol–water partition coefficient (Wildman–Crippen LogP) is 12.8. The number of alkyl halides is 8. The van der Waals surface area contributed by atoms with Crippen molar-refractivity contribution in [1.29, 1.82) is 0 Å². The van der Waals surface area contributed by atoms with Gasteiger partial charge in [0.1, 0.15) is 0 Å². The van der Waals surface area contributed by atoms with E-state index in [9.17, 15) is 35.1 Å². The molecule has 0 saturated carbocycles. The molecule has 6 bridgehead atoms. The van der Waals surface area contributed by atoms with Crippen LogP contribution in [0, 0.1) is 69.8 Å². The van der Waals surface area contributed by atoms with Gasteiger partial charge in [-0.05, 0) is 0 Å². The number of amidine groups is 4. The standard InChI is InChI=1S/C36H4F20N8S4.2ClH.Sn/c37-9-1-5(13(41)21(17(9)45)65-33(49)50)29-57-25(1)61-30-6-2(10(38)18(46)22(14(6)42)66-34(51)52)27(58-30)63-32-8-4(12(40)20(48)24(16(8)44)68-36(55)56)28(60-32)64-31-7-3(26(59-31)62-29)11(39)19(47)23(15(7)43)67-35(53)54;;;/h33-36H;2*1H;/q-2;;;+4/p-2. The van der Waals surface area contributed by atoms with E-state index in [1.807, 2.05) is 0 Å². The Hall–Kier alpha value is -4.38. The first kappa shape index (κ1) is 50.2. The van der Waals surface area contributed by atoms with E-state index < -0.39 is 266 Å². The van der Waals surface area contributed by atoms with Crippen LogP contribution in [0.15, 0.2) is 49.5 Å². The van der Waals surface area contributed by atoms with Crippen LogP contribution in [0.4, 0.5) is 99.4 Å². The molecule has 0 amide bonds. The number of benzene rings is 4. The zero-order valence-electron chi connectivity index (χ0n) is 32.3. The molecule has 370 valence electrons. The third-order valence-electron chi connectivity index (χ3n) is 10.4. The number of fused-ring (bicyclic) bond motifs is 14. The molecule has 6 aromatic rings. The molecule has 4 aliphatic rings. The quantitative estimate of drug-likeness (QED) is 0.0658. The molecule has 35 heteroatoms. The first-order chi connectivity index (χ1) is 33.3. The number of aromatic nitrogens is 2. The summed E-state index contributed by atoms with van der Waals surface area (Å²) >= 11 is -11.3. The van der Waals surface area contributed by atoms with E-state index in [-0.39, 0.29) is 5.58 Å². The molecule has 8 nitrogen and oxygen atoms in total. The topological polar surface area (TPSA) is 84.0 Å². The molecule has 0 atom stereocenters. The summed E-state index contributed by atoms with van der Waals surface area (Å²) in [5.74, 6) is -52.7. The Morgan fingerprint density at radius 2 is 0.606 bits per heavy atom. The molecule has 0 aliphatic carbocycles. The van der Waals surface area contributed by atoms with Gasteiger partial charge in [-0.25, -0.2) is 0 Å². The van der Waals surface area contributed by atoms with Gasteiger partial charge in [0, 0.05) is 0 Å². The number of rotatable bonds is 8. The SMILES string of the molecule is Fc1c(F)c2c(c(F)c1SC(F)F)C1=NC2=Nc2c3c(F)c(SC(F)F)c(F)c(F)c3c3[n]2[Sn]([Cl])([Cl])[n]2c(c4c(F)c(F)c(SC(F)F)c(F)c4c2=NC2=NC(=N3)c3c(F)c(SC(F)F)c(F)c(F)c32)=N1. The van der Waals surface area contributed by atoms with Gasteiger partial charge in [-0.1, -0.05) is 0 Å². The summed E-state index contributed by atoms with van der Waals surface area (Å²) in [5, 5.41) is -6.74. The Morgan fingerprint density at radius 1 is 0.324 bits per heavy atom. The molecule has 10 rings (SSSR count). The van der Waals surface area contributed by atoms with Crippen LogP contribution in [0.3, 0.4) is 0 Å². The van der Waals surface area contributed by atoms with Gasteiger partial charge in [-0.15, -0.1) is 0 Å². The van der Waals surface area contributed by atoms with Crippen LogP contribution in [0.5, 0.6) is 0 Å². The summed E-state index contributed by atoms with van der Waals surface area (Å²) in [6, 6.07) is 0. The maximum atomic E-state index is 17.0. The number of halogens is 22. The summed E-state index contributed by atoms with van der Waals surface area (Å²) in [4.78, 5) is 15.4. The van der Waals surface area contributed by atoms with Crippen molar-refractivity contribution in [3.05, 3.63) is 103 Å². The normalized spacial score (nSPS) is 15.5. The van der Waals surface area contributed by atoms with Crippen LogP contribution in [0.2, 0.25) is 0 Å². The maximum absolute atomic E-state index is 17.0. The average Bonchev–Trinajstić information content (AvgIpc) is 4.02. The third kappa shape index (κ3) is 7.23. The van der Waals surface area contributed by atoms with Gasteiger partial charge >= 0.3 is 407 Å². The average molecular weight is 1250 g/mol. The van der Waals surface area contributed by atoms with Gasteiger partial charge in [0.15, 0.2) is 0 Å². The zero-order chi connectivity index (χ0) is 51.5. The van der Waals surface area contributed by atoms with Crippen molar-refractivity contribution in [1.82, 2.24) is 5.58 Å². The monoisotopic (exact) mass is 1250 g/mol. The Labute approximate surface area is 404 Å². The van der Waals surface area contributed by atoms with E-state index in [1.165, 1.54) is 0 Å². The van der Waals surface area contributed by atoms with Crippen LogP contribution in [-0.2, 0) is 0 Å². The second-order valence-electron chi connectivity index (χ2n) is 14.0. The van der Waals surface area contributed by atoms with Crippen LogP contribution in [0.25, 0.3) is 21.5 Å². The zero-order valence-corrected chi connectivity index (χ0v) is 40.0. The second-order valence-corrected chi connectivity index (χ2v) is 31.9. The molecular weight excluding hydrogens is 1240 g/mol. The van der Waals surface area contributed by atoms with Crippen molar-refractivity contribution in [3.8, 4) is 0 Å². The van der Waals surface area contributed by atoms with Crippen molar-refractivity contribution in [2.45, 2.75) is 42.6 Å². The molecule has 0 spiro atoms. The van der Waals surface area contributed by atoms with Crippen molar-refractivity contribution < 1.29 is 87.8 Å². The van der Waals surface area contributed by atoms with Gasteiger partial charge in [0.05, 0.1) is 0 Å². The van der Waals surface area contributed by atoms with Crippen molar-refractivity contribution in [2.24, 2.45) is 30.0 Å². The summed E-state index contributed by atoms with van der Waals surface area (Å²) in [6.07, 6.45) is 0. The number of hydrogen-bond acceptors (Lipinski definition) is 10. The van der Waals surface area contributed by atoms with Crippen molar-refractivity contribution in [2.75, 3.05) is 0 Å². The van der Waals surface area contributed by atoms with E-state index in [4.69, 9.17) is 17.8 Å². The first-order valence-electron chi connectivity index (χ1n) is 18.2. The Kier molecular flexibility index (Phi) is 12.3. The summed E-state index contributed by atoms with van der Waals surface area (Å²) < 4.78 is 307. The molecule has 0 unspecified atom stereocenters. The fraction of sp³-hybridized carbons (Fsp3) is 0.111. The molecular formula is C36H4Cl2F20N8S4Sn. The summed E-state index contributed by atoms with van der Waals surface area (Å²) in [7, 11) is 14.4. The molecule has 6 heterocycles. The predicted molar refractivity (Wildman–Crippen MR) is 220 cm³/mol. The van der Waals surface area contributed by atoms with E-state index in [2.05, 4.69) is 30.0 Å². The van der Waals surface area contributed by atoms with Crippen LogP contribution in [0.1, 0.15) is 22.3 Å². The number of nitrogens with zero attached hydrogens (tertiary/aromatic N) is 8. The van der Waals surface area contributed by atoms with Gasteiger partial charge in [-0.3, -0.25) is 0 Å². The Bertz CT molecular complexity index is 3770. The van der Waals surface area contributed by atoms with Gasteiger partial charge in [-0.2, -0.15) is 0 Å². The van der Waals surface area contributed by atoms with Crippen LogP contribution < -0.4 is 11.0 Å². The molecule has 0 N–H and O–H groups in total. The van der Waals surface area contributed by atoms with Crippen LogP contribution >= 0.6 is 64.9 Å². The van der Waals surface area contributed by atoms with Gasteiger partial charge in [0.25, 0.3) is 0 Å². The first-order valence-corrected chi connectivity index (χ1v) is 31.5. The minimum atomic E-state index is -7.34. The van der Waals surface area contributed by atoms with E-state index in [1.54, 1.807) is 0 Å². The summed E-state index contributed by atoms with van der Waals surface area (Å²) in [5.41, 5.74) is -9.42. The minimum absolute atomic E-state index is 0.0536. The Morgan fingerprint density at radius 3 is 0.986 bits per heavy atom. The van der Waals surface area contributed by atoms with Crippen molar-refractivity contribution >= 4 is 138 Å². The fourth-order valence-corrected chi connectivity index (χ4v) is 19.8. The van der Waals surface area contributed by atoms with E-state index in [0.717, 1.165) is 0 Å². The van der Waals surface area contributed by atoms with Gasteiger partial charge < -0.3 is 0 Å². The number of thioether (sulfide) groups is 4. The van der Waals surface area contributed by atoms with E-state index >= 15 is 52.7 Å². The number of aliphatic imine (C=N–C) groups is 4. The Balaban J connectivity index is 1.55.